The number of nitrogens with zero attached hydrogens (tertiary/aromatic N) is 3. The molecule has 4 rings (SSSR count). The molecule has 0 aliphatic carbocycles. The van der Waals surface area contributed by atoms with E-state index in [-0.39, 0.29) is 24.3 Å². The van der Waals surface area contributed by atoms with Crippen LogP contribution in [0.2, 0.25) is 0 Å². The fourth-order valence-corrected chi connectivity index (χ4v) is 4.45. The smallest absolute Gasteiger partial charge is 0.320 e. The molecule has 1 aromatic heterocycles. The zero-order valence-electron chi connectivity index (χ0n) is 17.2. The molecule has 2 aromatic rings. The number of hydrogen-bond acceptors (Lipinski definition) is 5. The molecule has 2 atom stereocenters. The number of imidazole rings is 1. The molecule has 30 heavy (non-hydrogen) atoms. The zero-order chi connectivity index (χ0) is 21.1. The van der Waals surface area contributed by atoms with Crippen LogP contribution in [0.5, 0.6) is 5.75 Å². The first-order valence-corrected chi connectivity index (χ1v) is 10.4. The number of carbonyl (C=O) groups is 2. The van der Waals surface area contributed by atoms with E-state index in [0.29, 0.717) is 52.2 Å². The van der Waals surface area contributed by atoms with Crippen LogP contribution in [0.3, 0.4) is 0 Å². The van der Waals surface area contributed by atoms with Crippen molar-refractivity contribution in [2.75, 3.05) is 46.5 Å². The van der Waals surface area contributed by atoms with Gasteiger partial charge in [-0.25, -0.2) is 9.78 Å². The summed E-state index contributed by atoms with van der Waals surface area (Å²) in [5, 5.41) is 9.36. The molecule has 2 unspecified atom stereocenters. The minimum absolute atomic E-state index is 0.0130. The number of urea groups is 1. The number of benzene rings is 1. The van der Waals surface area contributed by atoms with Gasteiger partial charge < -0.3 is 29.4 Å². The van der Waals surface area contributed by atoms with Crippen LogP contribution in [-0.4, -0.2) is 83.4 Å². The quantitative estimate of drug-likeness (QED) is 0.772. The maximum Gasteiger partial charge on any atom is 0.320 e. The first-order chi connectivity index (χ1) is 14.5. The lowest BCUT2D eigenvalue weighted by Gasteiger charge is -2.40. The highest BCUT2D eigenvalue weighted by Crippen LogP contribution is 2.30. The van der Waals surface area contributed by atoms with E-state index in [1.165, 1.54) is 0 Å². The fourth-order valence-electron chi connectivity index (χ4n) is 4.45. The van der Waals surface area contributed by atoms with Gasteiger partial charge in [-0.15, -0.1) is 0 Å². The Kier molecular flexibility index (Phi) is 6.08. The van der Waals surface area contributed by atoms with Crippen molar-refractivity contribution in [1.82, 2.24) is 19.8 Å². The number of carboxylic acids is 1. The summed E-state index contributed by atoms with van der Waals surface area (Å²) in [6, 6.07) is 5.68. The molecule has 2 amide bonds. The number of aromatic nitrogens is 2. The predicted octanol–water partition coefficient (Wildman–Crippen LogP) is 1.98. The first-order valence-electron chi connectivity index (χ1n) is 10.4. The highest BCUT2D eigenvalue weighted by atomic mass is 16.5. The Balaban J connectivity index is 1.50. The number of rotatable bonds is 5. The summed E-state index contributed by atoms with van der Waals surface area (Å²) in [5.41, 5.74) is 1.73. The Morgan fingerprint density at radius 2 is 2.03 bits per heavy atom. The standard InChI is InChI=1S/C21H28N4O5/c1-29-16-2-3-17-18(12-16)23-19(22-17)10-15-13-25(5-4-14(15)11-20(26)27)21(28)24-6-8-30-9-7-24/h2-3,12,14-15H,4-11,13H2,1H3,(H,22,23)(H,26,27). The monoisotopic (exact) mass is 416 g/mol. The number of ether oxygens (including phenoxy) is 2. The van der Waals surface area contributed by atoms with Crippen LogP contribution in [0.25, 0.3) is 11.0 Å². The number of H-pyrrole nitrogens is 1. The third-order valence-corrected chi connectivity index (χ3v) is 6.07. The van der Waals surface area contributed by atoms with Gasteiger partial charge >= 0.3 is 12.0 Å². The molecular formula is C21H28N4O5. The van der Waals surface area contributed by atoms with E-state index in [1.54, 1.807) is 7.11 Å². The first kappa shape index (κ1) is 20.5. The van der Waals surface area contributed by atoms with E-state index < -0.39 is 5.97 Å². The summed E-state index contributed by atoms with van der Waals surface area (Å²) in [6.07, 6.45) is 1.39. The number of morpholine rings is 1. The second-order valence-corrected chi connectivity index (χ2v) is 8.01. The molecule has 0 bridgehead atoms. The number of methoxy groups -OCH3 is 1. The summed E-state index contributed by atoms with van der Waals surface area (Å²) < 4.78 is 10.6. The molecule has 2 saturated heterocycles. The van der Waals surface area contributed by atoms with E-state index in [4.69, 9.17) is 9.47 Å². The number of piperidine rings is 1. The van der Waals surface area contributed by atoms with Crippen molar-refractivity contribution in [2.45, 2.75) is 19.3 Å². The molecule has 0 spiro atoms. The Bertz CT molecular complexity index is 908. The lowest BCUT2D eigenvalue weighted by molar-refractivity contribution is -0.139. The summed E-state index contributed by atoms with van der Waals surface area (Å²) in [4.78, 5) is 36.0. The largest absolute Gasteiger partial charge is 0.497 e. The summed E-state index contributed by atoms with van der Waals surface area (Å²) in [7, 11) is 1.62. The van der Waals surface area contributed by atoms with E-state index in [9.17, 15) is 14.7 Å². The summed E-state index contributed by atoms with van der Waals surface area (Å²) in [5.74, 6) is 0.800. The summed E-state index contributed by atoms with van der Waals surface area (Å²) in [6.45, 7) is 3.45. The molecule has 2 fully saturated rings. The average Bonchev–Trinajstić information content (AvgIpc) is 3.16. The van der Waals surface area contributed by atoms with E-state index in [0.717, 1.165) is 22.6 Å². The van der Waals surface area contributed by atoms with Crippen LogP contribution in [0, 0.1) is 11.8 Å². The summed E-state index contributed by atoms with van der Waals surface area (Å²) >= 11 is 0. The SMILES string of the molecule is COc1ccc2nc(CC3CN(C(=O)N4CCOCC4)CCC3CC(=O)O)[nH]c2c1. The minimum atomic E-state index is -0.799. The molecule has 1 aromatic carbocycles. The number of aromatic amines is 1. The van der Waals surface area contributed by atoms with Crippen molar-refractivity contribution in [3.05, 3.63) is 24.0 Å². The van der Waals surface area contributed by atoms with Crippen molar-refractivity contribution in [2.24, 2.45) is 11.8 Å². The van der Waals surface area contributed by atoms with Crippen molar-refractivity contribution in [3.8, 4) is 5.75 Å². The van der Waals surface area contributed by atoms with Crippen molar-refractivity contribution < 1.29 is 24.2 Å². The Labute approximate surface area is 175 Å². The van der Waals surface area contributed by atoms with Crippen LogP contribution < -0.4 is 4.74 Å². The highest BCUT2D eigenvalue weighted by molar-refractivity contribution is 5.77. The van der Waals surface area contributed by atoms with Crippen molar-refractivity contribution in [1.29, 1.82) is 0 Å². The molecule has 0 saturated carbocycles. The molecule has 2 aliphatic rings. The van der Waals surface area contributed by atoms with E-state index in [2.05, 4.69) is 9.97 Å². The molecule has 9 nitrogen and oxygen atoms in total. The number of likely N-dealkylation sites (tertiary alicyclic amines) is 1. The molecule has 2 aliphatic heterocycles. The molecule has 162 valence electrons. The number of hydrogen-bond donors (Lipinski definition) is 2. The maximum atomic E-state index is 12.9. The van der Waals surface area contributed by atoms with Gasteiger partial charge in [-0.1, -0.05) is 0 Å². The number of nitrogens with one attached hydrogen (secondary N) is 1. The van der Waals surface area contributed by atoms with E-state index in [1.807, 2.05) is 28.0 Å². The van der Waals surface area contributed by atoms with Crippen LogP contribution >= 0.6 is 0 Å². The number of fused-ring (bicyclic) bond motifs is 1. The minimum Gasteiger partial charge on any atom is -0.497 e. The lowest BCUT2D eigenvalue weighted by Crippen LogP contribution is -2.52. The maximum absolute atomic E-state index is 12.9. The fraction of sp³-hybridized carbons (Fsp3) is 0.571. The highest BCUT2D eigenvalue weighted by Gasteiger charge is 2.35. The third kappa shape index (κ3) is 4.51. The second-order valence-electron chi connectivity index (χ2n) is 8.01. The molecular weight excluding hydrogens is 388 g/mol. The lowest BCUT2D eigenvalue weighted by atomic mass is 9.81. The zero-order valence-corrected chi connectivity index (χ0v) is 17.2. The number of amides is 2. The Morgan fingerprint density at radius 3 is 2.77 bits per heavy atom. The van der Waals surface area contributed by atoms with Gasteiger partial charge in [0.2, 0.25) is 0 Å². The predicted molar refractivity (Wildman–Crippen MR) is 110 cm³/mol. The molecule has 2 N–H and O–H groups in total. The third-order valence-electron chi connectivity index (χ3n) is 6.07. The van der Waals surface area contributed by atoms with Gasteiger partial charge in [0.25, 0.3) is 0 Å². The van der Waals surface area contributed by atoms with Gasteiger partial charge in [0.15, 0.2) is 0 Å². The number of carbonyl (C=O) groups excluding carboxylic acids is 1. The van der Waals surface area contributed by atoms with Gasteiger partial charge in [0.1, 0.15) is 11.6 Å². The van der Waals surface area contributed by atoms with Crippen LogP contribution in [0.4, 0.5) is 4.79 Å². The van der Waals surface area contributed by atoms with Gasteiger partial charge in [-0.3, -0.25) is 4.79 Å². The van der Waals surface area contributed by atoms with E-state index >= 15 is 0 Å². The van der Waals surface area contributed by atoms with Gasteiger partial charge in [-0.2, -0.15) is 0 Å². The van der Waals surface area contributed by atoms with Crippen LogP contribution in [0.15, 0.2) is 18.2 Å². The van der Waals surface area contributed by atoms with Gasteiger partial charge in [-0.05, 0) is 30.4 Å². The van der Waals surface area contributed by atoms with Crippen LogP contribution in [0.1, 0.15) is 18.7 Å². The van der Waals surface area contributed by atoms with Crippen molar-refractivity contribution in [3.63, 3.8) is 0 Å². The Hall–Kier alpha value is -2.81. The normalized spacial score (nSPS) is 22.3. The average molecular weight is 416 g/mol. The topological polar surface area (TPSA) is 108 Å². The Morgan fingerprint density at radius 1 is 1.23 bits per heavy atom. The number of carboxylic acid groups (broad SMARTS) is 1. The molecule has 0 radical (unpaired) electrons. The van der Waals surface area contributed by atoms with Gasteiger partial charge in [0, 0.05) is 45.1 Å². The second kappa shape index (κ2) is 8.91. The van der Waals surface area contributed by atoms with Crippen molar-refractivity contribution >= 4 is 23.0 Å². The van der Waals surface area contributed by atoms with Gasteiger partial charge in [0.05, 0.1) is 31.4 Å². The number of aliphatic carboxylic acids is 1. The molecule has 9 heteroatoms. The van der Waals surface area contributed by atoms with Crippen LogP contribution in [-0.2, 0) is 16.0 Å². The molecule has 3 heterocycles.